The van der Waals surface area contributed by atoms with E-state index in [1.165, 1.54) is 15.6 Å². The van der Waals surface area contributed by atoms with Crippen molar-refractivity contribution in [2.45, 2.75) is 16.8 Å². The SMILES string of the molecule is Nc1nccc2sc(CN3CCN(S(=O)(=O)c4cc5ccc(Cl)cc5s4)CC3C=O)cc12. The van der Waals surface area contributed by atoms with Gasteiger partial charge in [0.1, 0.15) is 16.3 Å². The summed E-state index contributed by atoms with van der Waals surface area (Å²) in [5, 5.41) is 2.31. The van der Waals surface area contributed by atoms with E-state index in [-0.39, 0.29) is 10.8 Å². The van der Waals surface area contributed by atoms with Gasteiger partial charge in [-0.15, -0.1) is 22.7 Å². The third kappa shape index (κ3) is 3.91. The second kappa shape index (κ2) is 8.36. The molecular weight excluding hydrogens is 488 g/mol. The predicted octanol–water partition coefficient (Wildman–Crippen LogP) is 3.82. The number of nitrogen functional groups attached to an aromatic ring is 1. The standard InChI is InChI=1S/C21H19ClN4O3S3/c22-14-2-1-13-7-20(31-19(13)8-14)32(28,29)26-6-5-25(15(10-26)12-27)11-16-9-17-18(30-16)3-4-24-21(17)23/h1-4,7-9,12,15H,5-6,10-11H2,(H2,23,24). The normalized spacial score (nSPS) is 18.5. The number of pyridine rings is 1. The van der Waals surface area contributed by atoms with Gasteiger partial charge in [0, 0.05) is 57.1 Å². The monoisotopic (exact) mass is 506 g/mol. The van der Waals surface area contributed by atoms with Crippen LogP contribution < -0.4 is 5.73 Å². The van der Waals surface area contributed by atoms with Gasteiger partial charge in [-0.3, -0.25) is 4.90 Å². The fourth-order valence-electron chi connectivity index (χ4n) is 3.91. The van der Waals surface area contributed by atoms with Crippen LogP contribution in [0, 0.1) is 0 Å². The van der Waals surface area contributed by atoms with Gasteiger partial charge in [0.15, 0.2) is 0 Å². The number of carbonyl (C=O) groups excluding carboxylic acids is 1. The first-order chi connectivity index (χ1) is 15.3. The Morgan fingerprint density at radius 1 is 1.16 bits per heavy atom. The highest BCUT2D eigenvalue weighted by molar-refractivity contribution is 7.91. The molecule has 1 saturated heterocycles. The van der Waals surface area contributed by atoms with Crippen LogP contribution >= 0.6 is 34.3 Å². The zero-order valence-corrected chi connectivity index (χ0v) is 20.0. The van der Waals surface area contributed by atoms with Crippen LogP contribution in [-0.2, 0) is 21.4 Å². The summed E-state index contributed by atoms with van der Waals surface area (Å²) in [6.45, 7) is 1.45. The Hall–Kier alpha value is -2.08. The van der Waals surface area contributed by atoms with Crippen LogP contribution in [0.2, 0.25) is 5.02 Å². The molecule has 1 fully saturated rings. The molecule has 32 heavy (non-hydrogen) atoms. The van der Waals surface area contributed by atoms with Crippen molar-refractivity contribution in [2.24, 2.45) is 0 Å². The van der Waals surface area contributed by atoms with Crippen LogP contribution in [0.3, 0.4) is 0 Å². The van der Waals surface area contributed by atoms with Crippen LogP contribution in [0.5, 0.6) is 0 Å². The lowest BCUT2D eigenvalue weighted by molar-refractivity contribution is -0.114. The van der Waals surface area contributed by atoms with Crippen molar-refractivity contribution in [1.29, 1.82) is 0 Å². The zero-order valence-electron chi connectivity index (χ0n) is 16.8. The van der Waals surface area contributed by atoms with E-state index in [4.69, 9.17) is 17.3 Å². The topological polar surface area (TPSA) is 96.6 Å². The van der Waals surface area contributed by atoms with Gasteiger partial charge in [-0.2, -0.15) is 4.31 Å². The number of piperazine rings is 1. The summed E-state index contributed by atoms with van der Waals surface area (Å²) in [6.07, 6.45) is 2.51. The van der Waals surface area contributed by atoms with E-state index in [1.54, 1.807) is 35.7 Å². The van der Waals surface area contributed by atoms with E-state index in [0.29, 0.717) is 30.5 Å². The van der Waals surface area contributed by atoms with Gasteiger partial charge < -0.3 is 10.5 Å². The number of rotatable bonds is 5. The molecular formula is C21H19ClN4O3S3. The molecule has 1 unspecified atom stereocenters. The summed E-state index contributed by atoms with van der Waals surface area (Å²) in [7, 11) is -3.70. The van der Waals surface area contributed by atoms with Crippen molar-refractivity contribution < 1.29 is 13.2 Å². The summed E-state index contributed by atoms with van der Waals surface area (Å²) in [4.78, 5) is 19.1. The number of sulfonamides is 1. The van der Waals surface area contributed by atoms with E-state index in [0.717, 1.165) is 31.3 Å². The van der Waals surface area contributed by atoms with Crippen molar-refractivity contribution in [2.75, 3.05) is 25.4 Å². The Bertz CT molecular complexity index is 1430. The van der Waals surface area contributed by atoms with Gasteiger partial charge in [-0.05, 0) is 35.7 Å². The first-order valence-corrected chi connectivity index (χ1v) is 13.3. The molecule has 4 aromatic rings. The minimum absolute atomic E-state index is 0.120. The molecule has 4 heterocycles. The molecule has 11 heteroatoms. The third-order valence-corrected chi connectivity index (χ3v) is 10.3. The second-order valence-corrected chi connectivity index (χ2v) is 12.5. The minimum atomic E-state index is -3.70. The Balaban J connectivity index is 1.36. The van der Waals surface area contributed by atoms with Crippen molar-refractivity contribution in [3.8, 4) is 0 Å². The molecule has 0 saturated carbocycles. The van der Waals surface area contributed by atoms with Crippen molar-refractivity contribution >= 4 is 76.6 Å². The van der Waals surface area contributed by atoms with Crippen molar-refractivity contribution in [3.05, 3.63) is 52.5 Å². The molecule has 0 bridgehead atoms. The Morgan fingerprint density at radius 3 is 2.78 bits per heavy atom. The first kappa shape index (κ1) is 21.7. The first-order valence-electron chi connectivity index (χ1n) is 9.86. The van der Waals surface area contributed by atoms with Gasteiger partial charge >= 0.3 is 0 Å². The van der Waals surface area contributed by atoms with Crippen molar-refractivity contribution in [1.82, 2.24) is 14.2 Å². The fraction of sp³-hybridized carbons (Fsp3) is 0.238. The fourth-order valence-corrected chi connectivity index (χ4v) is 8.28. The van der Waals surface area contributed by atoms with Gasteiger partial charge in [-0.25, -0.2) is 13.4 Å². The molecule has 0 spiro atoms. The third-order valence-electron chi connectivity index (χ3n) is 5.59. The van der Waals surface area contributed by atoms with Crippen molar-refractivity contribution in [3.63, 3.8) is 0 Å². The molecule has 0 aliphatic carbocycles. The molecule has 1 aliphatic heterocycles. The summed E-state index contributed by atoms with van der Waals surface area (Å²) < 4.78 is 30.1. The number of thiophene rings is 2. The van der Waals surface area contributed by atoms with E-state index < -0.39 is 16.1 Å². The van der Waals surface area contributed by atoms with Crippen LogP contribution in [0.4, 0.5) is 5.82 Å². The molecule has 7 nitrogen and oxygen atoms in total. The molecule has 1 aliphatic rings. The summed E-state index contributed by atoms with van der Waals surface area (Å²) in [5.41, 5.74) is 5.96. The minimum Gasteiger partial charge on any atom is -0.383 e. The van der Waals surface area contributed by atoms with E-state index in [1.807, 2.05) is 23.1 Å². The number of fused-ring (bicyclic) bond motifs is 2. The Morgan fingerprint density at radius 2 is 2.00 bits per heavy atom. The molecule has 166 valence electrons. The lowest BCUT2D eigenvalue weighted by Gasteiger charge is -2.37. The highest BCUT2D eigenvalue weighted by Crippen LogP contribution is 2.34. The zero-order chi connectivity index (χ0) is 22.5. The van der Waals surface area contributed by atoms with Gasteiger partial charge in [-0.1, -0.05) is 17.7 Å². The lowest BCUT2D eigenvalue weighted by Crippen LogP contribution is -2.54. The van der Waals surface area contributed by atoms with Crippen LogP contribution in [-0.4, -0.2) is 54.6 Å². The number of nitrogens with two attached hydrogens (primary N) is 1. The highest BCUT2D eigenvalue weighted by Gasteiger charge is 2.35. The largest absolute Gasteiger partial charge is 0.383 e. The number of anilines is 1. The molecule has 0 amide bonds. The van der Waals surface area contributed by atoms with Crippen LogP contribution in [0.15, 0.2) is 46.8 Å². The van der Waals surface area contributed by atoms with Gasteiger partial charge in [0.05, 0.1) is 6.04 Å². The van der Waals surface area contributed by atoms with Gasteiger partial charge in [0.25, 0.3) is 10.0 Å². The molecule has 1 atom stereocenters. The number of aldehydes is 1. The van der Waals surface area contributed by atoms with Crippen LogP contribution in [0.25, 0.3) is 20.2 Å². The molecule has 5 rings (SSSR count). The number of aromatic nitrogens is 1. The quantitative estimate of drug-likeness (QED) is 0.413. The van der Waals surface area contributed by atoms with E-state index >= 15 is 0 Å². The number of hydrogen-bond acceptors (Lipinski definition) is 8. The summed E-state index contributed by atoms with van der Waals surface area (Å²) >= 11 is 8.84. The molecule has 2 N–H and O–H groups in total. The van der Waals surface area contributed by atoms with E-state index in [2.05, 4.69) is 4.98 Å². The number of benzene rings is 1. The molecule has 3 aromatic heterocycles. The smallest absolute Gasteiger partial charge is 0.252 e. The highest BCUT2D eigenvalue weighted by atomic mass is 35.5. The summed E-state index contributed by atoms with van der Waals surface area (Å²) in [6, 6.07) is 10.4. The van der Waals surface area contributed by atoms with Crippen LogP contribution in [0.1, 0.15) is 4.88 Å². The Kier molecular flexibility index (Phi) is 5.68. The Labute approximate surface area is 198 Å². The van der Waals surface area contributed by atoms with E-state index in [9.17, 15) is 13.2 Å². The number of nitrogens with zero attached hydrogens (tertiary/aromatic N) is 3. The molecule has 0 radical (unpaired) electrons. The predicted molar refractivity (Wildman–Crippen MR) is 130 cm³/mol. The number of halogens is 1. The van der Waals surface area contributed by atoms with Gasteiger partial charge in [0.2, 0.25) is 0 Å². The average Bonchev–Trinajstić information content (AvgIpc) is 3.38. The second-order valence-electron chi connectivity index (χ2n) is 7.61. The maximum Gasteiger partial charge on any atom is 0.252 e. The number of hydrogen-bond donors (Lipinski definition) is 1. The average molecular weight is 507 g/mol. The summed E-state index contributed by atoms with van der Waals surface area (Å²) in [5.74, 6) is 0.484. The lowest BCUT2D eigenvalue weighted by atomic mass is 10.2. The maximum absolute atomic E-state index is 13.3. The molecule has 1 aromatic carbocycles. The number of carbonyl (C=O) groups is 1. The maximum atomic E-state index is 13.3.